The number of carbonyl (C=O) groups excluding carboxylic acids is 3. The highest BCUT2D eigenvalue weighted by atomic mass is 28.3. The maximum Gasteiger partial charge on any atom is 0.264 e. The molecule has 6 aliphatic rings. The molecule has 17 heteroatoms. The highest BCUT2D eigenvalue weighted by molar-refractivity contribution is 6.91. The first-order valence-corrected chi connectivity index (χ1v) is 30.6. The Balaban J connectivity index is 0.928. The van der Waals surface area contributed by atoms with Gasteiger partial charge in [-0.2, -0.15) is 0 Å². The van der Waals surface area contributed by atoms with Crippen molar-refractivity contribution in [3.63, 3.8) is 0 Å². The molecule has 400 valence electrons. The summed E-state index contributed by atoms with van der Waals surface area (Å²) >= 11 is 0. The van der Waals surface area contributed by atoms with Crippen LogP contribution >= 0.6 is 0 Å². The number of aliphatic hydroxyl groups excluding tert-OH is 1. The fourth-order valence-corrected chi connectivity index (χ4v) is 18.2. The molecule has 6 aliphatic heterocycles. The van der Waals surface area contributed by atoms with Crippen LogP contribution in [0, 0.1) is 5.92 Å². The van der Waals surface area contributed by atoms with Gasteiger partial charge in [0.2, 0.25) is 0 Å². The topological polar surface area (TPSA) is 161 Å². The lowest BCUT2D eigenvalue weighted by Gasteiger charge is -2.39. The van der Waals surface area contributed by atoms with Crippen molar-refractivity contribution in [2.24, 2.45) is 5.92 Å². The molecule has 7 heterocycles. The molecule has 4 atom stereocenters. The number of fused-ring (bicyclic) bond motifs is 2. The summed E-state index contributed by atoms with van der Waals surface area (Å²) in [6, 6.07) is 43.1. The van der Waals surface area contributed by atoms with Gasteiger partial charge in [-0.05, 0) is 136 Å². The van der Waals surface area contributed by atoms with Crippen molar-refractivity contribution in [3.8, 4) is 5.75 Å². The molecule has 0 aliphatic carbocycles. The number of nitrogens with one attached hydrogen (secondary N) is 2. The highest BCUT2D eigenvalue weighted by Gasteiger charge is 2.67. The smallest absolute Gasteiger partial charge is 0.264 e. The van der Waals surface area contributed by atoms with Gasteiger partial charge in [-0.15, -0.1) is 5.10 Å². The van der Waals surface area contributed by atoms with Gasteiger partial charge in [0.15, 0.2) is 5.60 Å². The van der Waals surface area contributed by atoms with Crippen molar-refractivity contribution in [1.29, 1.82) is 0 Å². The van der Waals surface area contributed by atoms with Crippen molar-refractivity contribution in [1.82, 2.24) is 25.6 Å². The predicted molar refractivity (Wildman–Crippen MR) is 301 cm³/mol. The van der Waals surface area contributed by atoms with Crippen molar-refractivity contribution < 1.29 is 29.0 Å². The summed E-state index contributed by atoms with van der Waals surface area (Å²) in [6.07, 6.45) is 5.29. The van der Waals surface area contributed by atoms with Crippen molar-refractivity contribution in [2.75, 3.05) is 77.7 Å². The molecular weight excluding hydrogens is 985 g/mol. The first kappa shape index (κ1) is 50.9. The Morgan fingerprint density at radius 1 is 0.714 bits per heavy atom. The van der Waals surface area contributed by atoms with Crippen LogP contribution in [0.4, 0.5) is 28.4 Å². The largest absolute Gasteiger partial charge is 0.497 e. The third-order valence-corrected chi connectivity index (χ3v) is 22.6. The number of ether oxygens (including phenoxy) is 2. The Kier molecular flexibility index (Phi) is 13.3. The molecule has 6 aromatic rings. The lowest BCUT2D eigenvalue weighted by Crippen LogP contribution is -2.55. The summed E-state index contributed by atoms with van der Waals surface area (Å²) in [5.41, 5.74) is 3.94. The van der Waals surface area contributed by atoms with E-state index in [4.69, 9.17) is 9.47 Å². The first-order chi connectivity index (χ1) is 37.4. The van der Waals surface area contributed by atoms with E-state index in [2.05, 4.69) is 93.2 Å². The van der Waals surface area contributed by atoms with E-state index in [0.717, 1.165) is 84.3 Å². The zero-order chi connectivity index (χ0) is 53.1. The summed E-state index contributed by atoms with van der Waals surface area (Å²) in [4.78, 5) is 56.4. The molecule has 77 heavy (non-hydrogen) atoms. The molecule has 0 radical (unpaired) electrons. The number of rotatable bonds is 14. The molecule has 0 bridgehead atoms. The maximum atomic E-state index is 16.2. The zero-order valence-corrected chi connectivity index (χ0v) is 45.6. The van der Waals surface area contributed by atoms with Gasteiger partial charge in [-0.1, -0.05) is 91.1 Å². The van der Waals surface area contributed by atoms with Crippen LogP contribution < -0.4 is 45.1 Å². The Labute approximate surface area is 451 Å². The molecule has 12 rings (SSSR count). The SMILES string of the molecule is COc1ccc([Si](C)(C)[C@H]2[C@H](CCn3cc(CCO)nn3)O[C@@]3(C(=O)N(Cc4ccc(N5CN(c6ccccc6)C6(CCNCC6)C5=O)cc4)c4ccc(N5CN(c6ccccc6)C6(CCNCC6)C5=O)cc43)[C@@H]2C)cc1. The van der Waals surface area contributed by atoms with Gasteiger partial charge in [0, 0.05) is 60.0 Å². The Bertz CT molecular complexity index is 3130. The summed E-state index contributed by atoms with van der Waals surface area (Å²) in [7, 11) is -0.853. The minimum atomic E-state index is -2.53. The number of para-hydroxylation sites is 2. The number of aliphatic hydroxyl groups is 1. The Morgan fingerprint density at radius 3 is 1.86 bits per heavy atom. The second-order valence-electron chi connectivity index (χ2n) is 22.5. The van der Waals surface area contributed by atoms with E-state index in [1.165, 1.54) is 5.19 Å². The van der Waals surface area contributed by atoms with Gasteiger partial charge in [0.1, 0.15) is 16.8 Å². The average molecular weight is 1060 g/mol. The van der Waals surface area contributed by atoms with Crippen LogP contribution in [0.2, 0.25) is 18.6 Å². The molecular formula is C60H70N10O6Si. The second-order valence-corrected chi connectivity index (χ2v) is 27.2. The monoisotopic (exact) mass is 1050 g/mol. The summed E-state index contributed by atoms with van der Waals surface area (Å²) in [6.45, 7) is 11.5. The van der Waals surface area contributed by atoms with E-state index in [1.807, 2.05) is 111 Å². The van der Waals surface area contributed by atoms with Crippen LogP contribution in [0.1, 0.15) is 55.8 Å². The van der Waals surface area contributed by atoms with Crippen LogP contribution in [-0.4, -0.2) is 116 Å². The van der Waals surface area contributed by atoms with Gasteiger partial charge in [0.05, 0.1) is 52.6 Å². The first-order valence-electron chi connectivity index (χ1n) is 27.5. The van der Waals surface area contributed by atoms with E-state index in [1.54, 1.807) is 7.11 Å². The van der Waals surface area contributed by atoms with Crippen LogP contribution in [0.15, 0.2) is 134 Å². The standard InChI is InChI=1S/C60H70N10O6Si/c1-42-54(77(3,4)50-22-20-49(75-2)21-23-50)53(25-35-65-39-44(26-36-71)63-64-65)76-60(42)51-37-48(68-41-70(47-13-9-6-10-14-47)59(56(68)73)29-33-62-34-30-59)19-24-52(51)66(57(60)74)38-43-15-17-45(18-16-43)67-40-69(46-11-7-5-8-12-46)58(55(67)72)27-31-61-32-28-58/h5-24,37,39,42,53-54,61-62,71H,25-36,38,40-41H2,1-4H3/t42-,53+,54-,60+/m1/s1. The number of methoxy groups -OCH3 is 1. The van der Waals surface area contributed by atoms with Gasteiger partial charge in [0.25, 0.3) is 17.7 Å². The molecule has 1 aromatic heterocycles. The quantitative estimate of drug-likeness (QED) is 0.101. The number of aromatic nitrogens is 3. The van der Waals surface area contributed by atoms with Crippen molar-refractivity contribution in [3.05, 3.63) is 150 Å². The fourth-order valence-electron chi connectivity index (χ4n) is 14.1. The van der Waals surface area contributed by atoms with Crippen LogP contribution in [0.25, 0.3) is 0 Å². The molecule has 3 spiro atoms. The third-order valence-electron chi connectivity index (χ3n) is 18.2. The van der Waals surface area contributed by atoms with E-state index >= 15 is 9.59 Å². The number of anilines is 5. The van der Waals surface area contributed by atoms with E-state index in [9.17, 15) is 9.90 Å². The predicted octanol–water partition coefficient (Wildman–Crippen LogP) is 6.54. The summed E-state index contributed by atoms with van der Waals surface area (Å²) in [5, 5.41) is 26.6. The number of nitrogens with zero attached hydrogens (tertiary/aromatic N) is 8. The fraction of sp³-hybridized carbons (Fsp3) is 0.417. The summed E-state index contributed by atoms with van der Waals surface area (Å²) < 4.78 is 15.1. The molecule has 5 fully saturated rings. The van der Waals surface area contributed by atoms with Gasteiger partial charge in [-0.3, -0.25) is 28.9 Å². The number of aryl methyl sites for hydroxylation is 1. The minimum absolute atomic E-state index is 0.0197. The molecule has 0 saturated carbocycles. The molecule has 5 saturated heterocycles. The number of piperidine rings is 2. The number of carbonyl (C=O) groups is 3. The van der Waals surface area contributed by atoms with Crippen LogP contribution in [-0.2, 0) is 44.2 Å². The van der Waals surface area contributed by atoms with Gasteiger partial charge in [-0.25, -0.2) is 0 Å². The number of benzene rings is 5. The minimum Gasteiger partial charge on any atom is -0.497 e. The normalized spacial score (nSPS) is 23.8. The third kappa shape index (κ3) is 8.43. The molecule has 5 aromatic carbocycles. The molecule has 3 amide bonds. The van der Waals surface area contributed by atoms with Crippen LogP contribution in [0.3, 0.4) is 0 Å². The highest BCUT2D eigenvalue weighted by Crippen LogP contribution is 2.61. The number of hydrogen-bond acceptors (Lipinski definition) is 12. The average Bonchev–Trinajstić information content (AvgIpc) is 4.29. The summed E-state index contributed by atoms with van der Waals surface area (Å²) in [5.74, 6) is 0.522. The maximum absolute atomic E-state index is 16.2. The Hall–Kier alpha value is -6.89. The molecule has 3 N–H and O–H groups in total. The van der Waals surface area contributed by atoms with E-state index < -0.39 is 24.8 Å². The lowest BCUT2D eigenvalue weighted by molar-refractivity contribution is -0.146. The number of amides is 3. The molecule has 16 nitrogen and oxygen atoms in total. The number of hydrogen-bond donors (Lipinski definition) is 3. The molecule has 0 unspecified atom stereocenters. The van der Waals surface area contributed by atoms with Crippen molar-refractivity contribution >= 4 is 59.4 Å². The van der Waals surface area contributed by atoms with Crippen LogP contribution in [0.5, 0.6) is 5.75 Å². The van der Waals surface area contributed by atoms with E-state index in [-0.39, 0.29) is 48.4 Å². The van der Waals surface area contributed by atoms with Crippen molar-refractivity contribution in [2.45, 2.75) is 100.0 Å². The van der Waals surface area contributed by atoms with Gasteiger partial charge < -0.3 is 39.9 Å². The lowest BCUT2D eigenvalue weighted by atomic mass is 9.82. The van der Waals surface area contributed by atoms with E-state index in [0.29, 0.717) is 51.3 Å². The second kappa shape index (κ2) is 20.2. The van der Waals surface area contributed by atoms with Gasteiger partial charge >= 0.3 is 0 Å². The Morgan fingerprint density at radius 2 is 1.29 bits per heavy atom. The zero-order valence-electron chi connectivity index (χ0n) is 44.6.